The monoisotopic (exact) mass is 1200 g/mol. The molecule has 88 heavy (non-hydrogen) atoms. The summed E-state index contributed by atoms with van der Waals surface area (Å²) >= 11 is 0. The summed E-state index contributed by atoms with van der Waals surface area (Å²) in [5.74, 6) is 1.39. The predicted molar refractivity (Wildman–Crippen MR) is 387 cm³/mol. The van der Waals surface area contributed by atoms with Gasteiger partial charge in [0.05, 0.1) is 5.41 Å². The van der Waals surface area contributed by atoms with E-state index in [1.165, 1.54) is 148 Å². The minimum absolute atomic E-state index is 0.0262. The number of aryl methyl sites for hydroxylation is 15. The van der Waals surface area contributed by atoms with Gasteiger partial charge in [0, 0.05) is 0 Å². The van der Waals surface area contributed by atoms with Crippen molar-refractivity contribution in [3.8, 4) is 0 Å². The molecule has 3 heteroatoms. The first kappa shape index (κ1) is 80.3. The molecule has 0 atom stereocenters. The summed E-state index contributed by atoms with van der Waals surface area (Å²) in [4.78, 5) is 0. The number of halogens is 3. The first-order valence-electron chi connectivity index (χ1n) is 32.5. The van der Waals surface area contributed by atoms with Crippen molar-refractivity contribution in [1.82, 2.24) is 0 Å². The Kier molecular flexibility index (Phi) is 31.5. The number of alkyl halides is 3. The Morgan fingerprint density at radius 2 is 0.580 bits per heavy atom. The van der Waals surface area contributed by atoms with Crippen LogP contribution in [0, 0.1) is 169 Å². The van der Waals surface area contributed by atoms with Crippen molar-refractivity contribution < 1.29 is 13.2 Å². The Morgan fingerprint density at radius 1 is 0.318 bits per heavy atom. The Labute approximate surface area is 540 Å². The maximum Gasteiger partial charge on any atom is 0.394 e. The molecule has 0 saturated carbocycles. The second kappa shape index (κ2) is 34.5. The van der Waals surface area contributed by atoms with Crippen molar-refractivity contribution in [2.75, 3.05) is 0 Å². The summed E-state index contributed by atoms with van der Waals surface area (Å²) in [5.41, 5.74) is 35.7. The minimum Gasteiger partial charge on any atom is -0.171 e. The summed E-state index contributed by atoms with van der Waals surface area (Å²) in [6.07, 6.45) is -1.78. The van der Waals surface area contributed by atoms with Crippen LogP contribution >= 0.6 is 0 Å². The molecule has 0 aliphatic carbocycles. The van der Waals surface area contributed by atoms with Crippen molar-refractivity contribution in [2.45, 2.75) is 272 Å². The lowest BCUT2D eigenvalue weighted by molar-refractivity contribution is -0.211. The van der Waals surface area contributed by atoms with Crippen LogP contribution in [-0.2, 0) is 24.7 Å². The van der Waals surface area contributed by atoms with Crippen molar-refractivity contribution in [3.05, 3.63) is 241 Å². The molecule has 0 unspecified atom stereocenters. The van der Waals surface area contributed by atoms with E-state index in [4.69, 9.17) is 0 Å². The molecular weight excluding hydrogens is 1080 g/mol. The molecule has 0 amide bonds. The average Bonchev–Trinajstić information content (AvgIpc) is 3.37. The van der Waals surface area contributed by atoms with Crippen molar-refractivity contribution >= 4 is 0 Å². The summed E-state index contributed by atoms with van der Waals surface area (Å²) in [7, 11) is 0. The van der Waals surface area contributed by atoms with Crippen molar-refractivity contribution in [3.63, 3.8) is 0 Å². The van der Waals surface area contributed by atoms with Gasteiger partial charge in [-0.2, -0.15) is 13.2 Å². The molecule has 0 aromatic heterocycles. The highest BCUT2D eigenvalue weighted by atomic mass is 19.4. The van der Waals surface area contributed by atoms with Gasteiger partial charge < -0.3 is 0 Å². The van der Waals surface area contributed by atoms with Gasteiger partial charge in [0.25, 0.3) is 0 Å². The fourth-order valence-corrected chi connectivity index (χ4v) is 10.4. The zero-order chi connectivity index (χ0) is 68.5. The van der Waals surface area contributed by atoms with E-state index in [1.54, 1.807) is 0 Å². The Bertz CT molecular complexity index is 3190. The lowest BCUT2D eigenvalue weighted by Crippen LogP contribution is -2.34. The van der Waals surface area contributed by atoms with E-state index >= 15 is 0 Å². The highest BCUT2D eigenvalue weighted by Crippen LogP contribution is 2.40. The van der Waals surface area contributed by atoms with Crippen LogP contribution in [0.15, 0.2) is 91.0 Å². The van der Waals surface area contributed by atoms with Crippen molar-refractivity contribution in [2.24, 2.45) is 16.7 Å². The van der Waals surface area contributed by atoms with E-state index in [0.717, 1.165) is 34.6 Å². The molecule has 0 heterocycles. The summed E-state index contributed by atoms with van der Waals surface area (Å²) in [6.45, 7) is 72.4. The molecule has 7 aromatic carbocycles. The molecule has 0 nitrogen and oxygen atoms in total. The first-order chi connectivity index (χ1) is 40.0. The summed E-state index contributed by atoms with van der Waals surface area (Å²) in [5, 5.41) is 0. The minimum atomic E-state index is -4.17. The number of rotatable bonds is 6. The predicted octanol–water partition coefficient (Wildman–Crippen LogP) is 25.9. The van der Waals surface area contributed by atoms with Crippen molar-refractivity contribution in [1.29, 1.82) is 0 Å². The van der Waals surface area contributed by atoms with Gasteiger partial charge >= 0.3 is 6.18 Å². The number of hydrogen-bond donors (Lipinski definition) is 0. The molecule has 0 spiro atoms. The first-order valence-corrected chi connectivity index (χ1v) is 32.5. The van der Waals surface area contributed by atoms with E-state index in [-0.39, 0.29) is 11.8 Å². The smallest absolute Gasteiger partial charge is 0.171 e. The van der Waals surface area contributed by atoms with Crippen LogP contribution in [0.2, 0.25) is 0 Å². The van der Waals surface area contributed by atoms with E-state index in [2.05, 4.69) is 280 Å². The molecule has 0 radical (unpaired) electrons. The molecule has 0 saturated heterocycles. The van der Waals surface area contributed by atoms with Crippen LogP contribution in [0.5, 0.6) is 0 Å². The van der Waals surface area contributed by atoms with Crippen LogP contribution in [0.3, 0.4) is 0 Å². The highest BCUT2D eigenvalue weighted by Gasteiger charge is 2.47. The molecule has 0 fully saturated rings. The van der Waals surface area contributed by atoms with Crippen LogP contribution in [-0.4, -0.2) is 6.18 Å². The zero-order valence-corrected chi connectivity index (χ0v) is 62.6. The fourth-order valence-electron chi connectivity index (χ4n) is 10.4. The molecule has 7 rings (SSSR count). The molecule has 0 aliphatic heterocycles. The normalized spacial score (nSPS) is 11.4. The zero-order valence-electron chi connectivity index (χ0n) is 62.6. The van der Waals surface area contributed by atoms with Gasteiger partial charge in [0.2, 0.25) is 0 Å². The second-order valence-electron chi connectivity index (χ2n) is 29.9. The number of benzene rings is 7. The maximum absolute atomic E-state index is 12.8. The molecule has 0 N–H and O–H groups in total. The van der Waals surface area contributed by atoms with E-state index in [0.29, 0.717) is 11.3 Å². The van der Waals surface area contributed by atoms with Crippen LogP contribution in [0.1, 0.15) is 239 Å². The Hall–Kier alpha value is -5.67. The number of hydrogen-bond acceptors (Lipinski definition) is 0. The lowest BCUT2D eigenvalue weighted by Gasteiger charge is -2.28. The summed E-state index contributed by atoms with van der Waals surface area (Å²) < 4.78 is 38.4. The Morgan fingerprint density at radius 3 is 0.841 bits per heavy atom. The third kappa shape index (κ3) is 26.8. The Balaban J connectivity index is 0.000000517. The third-order valence-electron chi connectivity index (χ3n) is 18.1. The molecule has 486 valence electrons. The van der Waals surface area contributed by atoms with Crippen LogP contribution < -0.4 is 0 Å². The van der Waals surface area contributed by atoms with Gasteiger partial charge in [0.15, 0.2) is 0 Å². The van der Waals surface area contributed by atoms with Gasteiger partial charge in [-0.05, 0) is 339 Å². The topological polar surface area (TPSA) is 0 Å². The SMILES string of the molecule is Cc1cc(C(C)(C)C)cc(C)c1C.Cc1cc(C(C)C)cc(C)c1C.Cc1cc(C)c(C)c(C)c1.Cc1cc(CC(C)(C)C(F)(F)F)cc(C)c1C.Cc1cc(CC(C)(C)C)cc(C)c1C.Cc1cc(CC(C)C)cc(C)c1C.Cc1cccc(C)c1C. The standard InChI is InChI=1S/C14H19F3.C14H22.2C13H20.C12H18.C10H14.C9H12/c1-9-6-12(7-10(2)11(9)3)8-13(4,5)14(15,16)17;1-10-7-13(9-14(4,5)6)8-11(2)12(10)3;1-9-7-12(13(4,5)6)8-10(2)11(9)3;1-9(2)6-13-7-10(3)12(5)11(4)8-13;1-8(2)12-6-9(3)11(5)10(4)7-12;1-7-5-8(2)10(4)9(3)6-7;1-7-5-4-6-8(2)9(7)3/h6-7H,8H2,1-5H3;7-8H,9H2,1-6H3;7-8H,1-6H3;7-9H,6H2,1-5H3;6-8H,1-5H3;5-6H,1-4H3;4-6H,1-3H3. The van der Waals surface area contributed by atoms with Crippen LogP contribution in [0.25, 0.3) is 0 Å². The fraction of sp³-hybridized carbons (Fsp3) is 0.506. The molecule has 7 aromatic rings. The quantitative estimate of drug-likeness (QED) is 0.156. The van der Waals surface area contributed by atoms with Gasteiger partial charge in [-0.15, -0.1) is 0 Å². The van der Waals surface area contributed by atoms with E-state index in [9.17, 15) is 13.2 Å². The van der Waals surface area contributed by atoms with E-state index in [1.807, 2.05) is 32.9 Å². The molecule has 0 bridgehead atoms. The molecular formula is C85H125F3. The summed E-state index contributed by atoms with van der Waals surface area (Å²) in [6, 6.07) is 33.1. The highest BCUT2D eigenvalue weighted by molar-refractivity contribution is 5.42. The second-order valence-corrected chi connectivity index (χ2v) is 29.9. The van der Waals surface area contributed by atoms with Gasteiger partial charge in [-0.3, -0.25) is 0 Å². The largest absolute Gasteiger partial charge is 0.394 e. The van der Waals surface area contributed by atoms with Crippen LogP contribution in [0.4, 0.5) is 13.2 Å². The van der Waals surface area contributed by atoms with Gasteiger partial charge in [0.1, 0.15) is 0 Å². The third-order valence-corrected chi connectivity index (χ3v) is 18.1. The van der Waals surface area contributed by atoms with Gasteiger partial charge in [-0.25, -0.2) is 0 Å². The maximum atomic E-state index is 12.8. The van der Waals surface area contributed by atoms with Gasteiger partial charge in [-0.1, -0.05) is 180 Å². The molecule has 0 aliphatic rings. The lowest BCUT2D eigenvalue weighted by atomic mass is 9.83. The van der Waals surface area contributed by atoms with E-state index < -0.39 is 11.6 Å². The average molecular weight is 1200 g/mol.